The topological polar surface area (TPSA) is 32.3 Å². The van der Waals surface area contributed by atoms with Gasteiger partial charge >= 0.3 is 0 Å². The normalized spacial score (nSPS) is 26.0. The van der Waals surface area contributed by atoms with E-state index in [1.165, 1.54) is 12.8 Å². The smallest absolute Gasteiger partial charge is 0.227 e. The van der Waals surface area contributed by atoms with E-state index in [-0.39, 0.29) is 5.92 Å². The Labute approximate surface area is 91.5 Å². The van der Waals surface area contributed by atoms with E-state index in [2.05, 4.69) is 11.9 Å². The van der Waals surface area contributed by atoms with Crippen LogP contribution < -0.4 is 5.32 Å². The summed E-state index contributed by atoms with van der Waals surface area (Å²) in [7, 11) is 0. The Morgan fingerprint density at radius 1 is 1.47 bits per heavy atom. The van der Waals surface area contributed by atoms with Crippen molar-refractivity contribution in [2.45, 2.75) is 31.7 Å². The van der Waals surface area contributed by atoms with Crippen LogP contribution >= 0.6 is 0 Å². The van der Waals surface area contributed by atoms with Gasteiger partial charge in [-0.15, -0.1) is 6.58 Å². The molecule has 1 N–H and O–H groups in total. The SMILES string of the molecule is C=CCN(C(=O)C1CCCNC1)C1CC1. The third-order valence-electron chi connectivity index (χ3n) is 3.24. The van der Waals surface area contributed by atoms with Crippen LogP contribution in [0.1, 0.15) is 25.7 Å². The van der Waals surface area contributed by atoms with Crippen molar-refractivity contribution in [2.75, 3.05) is 19.6 Å². The molecule has 1 atom stereocenters. The summed E-state index contributed by atoms with van der Waals surface area (Å²) in [6, 6.07) is 0.512. The summed E-state index contributed by atoms with van der Waals surface area (Å²) >= 11 is 0. The minimum Gasteiger partial charge on any atom is -0.336 e. The highest BCUT2D eigenvalue weighted by atomic mass is 16.2. The van der Waals surface area contributed by atoms with E-state index >= 15 is 0 Å². The second-order valence-electron chi connectivity index (χ2n) is 4.55. The van der Waals surface area contributed by atoms with Crippen molar-refractivity contribution in [3.8, 4) is 0 Å². The average Bonchev–Trinajstić information content (AvgIpc) is 3.10. The van der Waals surface area contributed by atoms with Crippen molar-refractivity contribution < 1.29 is 4.79 Å². The van der Waals surface area contributed by atoms with Crippen molar-refractivity contribution in [3.63, 3.8) is 0 Å². The quantitative estimate of drug-likeness (QED) is 0.703. The minimum atomic E-state index is 0.208. The van der Waals surface area contributed by atoms with Crippen molar-refractivity contribution in [1.82, 2.24) is 10.2 Å². The zero-order valence-corrected chi connectivity index (χ0v) is 9.24. The molecule has 0 aromatic heterocycles. The largest absolute Gasteiger partial charge is 0.336 e. The Morgan fingerprint density at radius 2 is 2.27 bits per heavy atom. The van der Waals surface area contributed by atoms with Gasteiger partial charge in [0.05, 0.1) is 5.92 Å². The van der Waals surface area contributed by atoms with Gasteiger partial charge in [0.25, 0.3) is 0 Å². The Kier molecular flexibility index (Phi) is 3.41. The van der Waals surface area contributed by atoms with Crippen LogP contribution in [0.5, 0.6) is 0 Å². The van der Waals surface area contributed by atoms with E-state index in [1.807, 2.05) is 11.0 Å². The van der Waals surface area contributed by atoms with Crippen LogP contribution in [-0.4, -0.2) is 36.5 Å². The Bertz CT molecular complexity index is 242. The molecule has 0 spiro atoms. The minimum absolute atomic E-state index is 0.208. The number of amides is 1. The van der Waals surface area contributed by atoms with Gasteiger partial charge in [0.2, 0.25) is 5.91 Å². The monoisotopic (exact) mass is 208 g/mol. The first kappa shape index (κ1) is 10.7. The summed E-state index contributed by atoms with van der Waals surface area (Å²) < 4.78 is 0. The molecule has 1 saturated carbocycles. The van der Waals surface area contributed by atoms with Crippen molar-refractivity contribution in [1.29, 1.82) is 0 Å². The van der Waals surface area contributed by atoms with Crippen LogP contribution in [0, 0.1) is 5.92 Å². The zero-order valence-electron chi connectivity index (χ0n) is 9.24. The van der Waals surface area contributed by atoms with Crippen LogP contribution in [0.25, 0.3) is 0 Å². The van der Waals surface area contributed by atoms with Gasteiger partial charge in [-0.25, -0.2) is 0 Å². The molecule has 1 unspecified atom stereocenters. The lowest BCUT2D eigenvalue weighted by Crippen LogP contribution is -2.44. The van der Waals surface area contributed by atoms with Crippen molar-refractivity contribution in [3.05, 3.63) is 12.7 Å². The number of hydrogen-bond donors (Lipinski definition) is 1. The molecule has 2 fully saturated rings. The Morgan fingerprint density at radius 3 is 2.80 bits per heavy atom. The highest BCUT2D eigenvalue weighted by molar-refractivity contribution is 5.80. The Balaban J connectivity index is 1.93. The first-order chi connectivity index (χ1) is 7.33. The molecule has 15 heavy (non-hydrogen) atoms. The van der Waals surface area contributed by atoms with E-state index in [1.54, 1.807) is 0 Å². The van der Waals surface area contributed by atoms with Gasteiger partial charge in [-0.2, -0.15) is 0 Å². The molecule has 3 heteroatoms. The maximum absolute atomic E-state index is 12.2. The lowest BCUT2D eigenvalue weighted by Gasteiger charge is -2.29. The number of carbonyl (C=O) groups excluding carboxylic acids is 1. The van der Waals surface area contributed by atoms with E-state index in [0.717, 1.165) is 32.5 Å². The van der Waals surface area contributed by atoms with Crippen LogP contribution in [-0.2, 0) is 4.79 Å². The molecule has 1 aliphatic carbocycles. The summed E-state index contributed by atoms with van der Waals surface area (Å²) in [5, 5.41) is 3.30. The Hall–Kier alpha value is -0.830. The molecule has 0 bridgehead atoms. The van der Waals surface area contributed by atoms with Gasteiger partial charge in [0.15, 0.2) is 0 Å². The second kappa shape index (κ2) is 4.79. The molecule has 84 valence electrons. The molecular weight excluding hydrogens is 188 g/mol. The lowest BCUT2D eigenvalue weighted by molar-refractivity contribution is -0.136. The van der Waals surface area contributed by atoms with Gasteiger partial charge in [0.1, 0.15) is 0 Å². The molecule has 0 aromatic carbocycles. The molecule has 0 radical (unpaired) electrons. The highest BCUT2D eigenvalue weighted by Gasteiger charge is 2.35. The van der Waals surface area contributed by atoms with Gasteiger partial charge < -0.3 is 10.2 Å². The summed E-state index contributed by atoms with van der Waals surface area (Å²) in [6.45, 7) is 6.38. The summed E-state index contributed by atoms with van der Waals surface area (Å²) in [6.07, 6.45) is 6.38. The number of nitrogens with zero attached hydrogens (tertiary/aromatic N) is 1. The van der Waals surface area contributed by atoms with Crippen LogP contribution in [0.15, 0.2) is 12.7 Å². The molecular formula is C12H20N2O. The van der Waals surface area contributed by atoms with Crippen LogP contribution in [0.4, 0.5) is 0 Å². The number of piperidine rings is 1. The van der Waals surface area contributed by atoms with E-state index < -0.39 is 0 Å². The van der Waals surface area contributed by atoms with Gasteiger partial charge in [-0.3, -0.25) is 4.79 Å². The summed E-state index contributed by atoms with van der Waals surface area (Å²) in [5.41, 5.74) is 0. The number of carbonyl (C=O) groups is 1. The maximum atomic E-state index is 12.2. The van der Waals surface area contributed by atoms with Crippen molar-refractivity contribution >= 4 is 5.91 Å². The summed E-state index contributed by atoms with van der Waals surface area (Å²) in [4.78, 5) is 14.2. The standard InChI is InChI=1S/C12H20N2O/c1-2-8-14(11-5-6-11)12(15)10-4-3-7-13-9-10/h2,10-11,13H,1,3-9H2. The number of hydrogen-bond acceptors (Lipinski definition) is 2. The molecule has 1 saturated heterocycles. The first-order valence-corrected chi connectivity index (χ1v) is 5.95. The maximum Gasteiger partial charge on any atom is 0.227 e. The molecule has 1 amide bonds. The molecule has 1 heterocycles. The van der Waals surface area contributed by atoms with Gasteiger partial charge in [-0.05, 0) is 32.2 Å². The molecule has 2 rings (SSSR count). The molecule has 0 aromatic rings. The molecule has 2 aliphatic rings. The second-order valence-corrected chi connectivity index (χ2v) is 4.55. The predicted octanol–water partition coefficient (Wildman–Crippen LogP) is 1.16. The van der Waals surface area contributed by atoms with E-state index in [0.29, 0.717) is 11.9 Å². The molecule has 3 nitrogen and oxygen atoms in total. The number of rotatable bonds is 4. The molecule has 1 aliphatic heterocycles. The zero-order chi connectivity index (χ0) is 10.7. The fraction of sp³-hybridized carbons (Fsp3) is 0.750. The third-order valence-corrected chi connectivity index (χ3v) is 3.24. The average molecular weight is 208 g/mol. The number of nitrogens with one attached hydrogen (secondary N) is 1. The van der Waals surface area contributed by atoms with Crippen LogP contribution in [0.2, 0.25) is 0 Å². The van der Waals surface area contributed by atoms with Gasteiger partial charge in [-0.1, -0.05) is 6.08 Å². The highest BCUT2D eigenvalue weighted by Crippen LogP contribution is 2.29. The van der Waals surface area contributed by atoms with Crippen LogP contribution in [0.3, 0.4) is 0 Å². The third kappa shape index (κ3) is 2.59. The summed E-state index contributed by atoms with van der Waals surface area (Å²) in [5.74, 6) is 0.545. The van der Waals surface area contributed by atoms with E-state index in [4.69, 9.17) is 0 Å². The predicted molar refractivity (Wildman–Crippen MR) is 60.5 cm³/mol. The first-order valence-electron chi connectivity index (χ1n) is 5.95. The fourth-order valence-electron chi connectivity index (χ4n) is 2.24. The lowest BCUT2D eigenvalue weighted by atomic mass is 9.98. The van der Waals surface area contributed by atoms with Gasteiger partial charge in [0, 0.05) is 19.1 Å². The van der Waals surface area contributed by atoms with E-state index in [9.17, 15) is 4.79 Å². The van der Waals surface area contributed by atoms with Crippen molar-refractivity contribution in [2.24, 2.45) is 5.92 Å². The fourth-order valence-corrected chi connectivity index (χ4v) is 2.24.